The SMILES string of the molecule is CCCCCCCCC(CCCCCCCC)OC(=O)CCCCCCCCC(=O)O[C@H](COCc1ccccc1)COC(=O)CCCCCCC(=O)OC(CCCCCCCC)CCCCCCCC. The van der Waals surface area contributed by atoms with Crippen molar-refractivity contribution in [1.29, 1.82) is 0 Å². The zero-order valence-electron chi connectivity index (χ0n) is 46.6. The number of rotatable bonds is 53. The lowest BCUT2D eigenvalue weighted by atomic mass is 10.0. The van der Waals surface area contributed by atoms with Gasteiger partial charge in [-0.15, -0.1) is 0 Å². The van der Waals surface area contributed by atoms with Crippen LogP contribution in [0.4, 0.5) is 0 Å². The molecule has 0 aromatic heterocycles. The number of carbonyl (C=O) groups excluding carboxylic acids is 4. The first-order valence-electron chi connectivity index (χ1n) is 30.2. The van der Waals surface area contributed by atoms with Crippen molar-refractivity contribution in [3.63, 3.8) is 0 Å². The van der Waals surface area contributed by atoms with E-state index in [1.807, 2.05) is 30.3 Å². The third kappa shape index (κ3) is 44.3. The standard InChI is InChI=1S/C62H110O9/c1-5-9-13-17-23-34-44-56(45-35-24-18-14-10-6-2)69-60(64)49-39-27-21-22-28-40-51-62(66)71-58(53-67-52-55-42-32-31-33-43-55)54-68-59(63)48-38-29-30-41-50-61(65)70-57(46-36-25-19-15-11-7-3)47-37-26-20-16-12-8-4/h31-33,42-43,56-58H,5-30,34-41,44-54H2,1-4H3/t58-/m1/s1. The van der Waals surface area contributed by atoms with Crippen molar-refractivity contribution in [2.75, 3.05) is 13.2 Å². The van der Waals surface area contributed by atoms with Crippen molar-refractivity contribution in [3.05, 3.63) is 35.9 Å². The molecule has 1 rings (SSSR count). The van der Waals surface area contributed by atoms with Gasteiger partial charge in [0.1, 0.15) is 18.8 Å². The van der Waals surface area contributed by atoms with Gasteiger partial charge in [0.2, 0.25) is 0 Å². The minimum Gasteiger partial charge on any atom is -0.462 e. The molecular formula is C62H110O9. The fourth-order valence-electron chi connectivity index (χ4n) is 9.26. The third-order valence-corrected chi connectivity index (χ3v) is 13.8. The molecule has 71 heavy (non-hydrogen) atoms. The van der Waals surface area contributed by atoms with Gasteiger partial charge in [0.25, 0.3) is 0 Å². The van der Waals surface area contributed by atoms with E-state index in [1.54, 1.807) is 0 Å². The predicted octanol–water partition coefficient (Wildman–Crippen LogP) is 17.9. The lowest BCUT2D eigenvalue weighted by Gasteiger charge is -2.18. The minimum atomic E-state index is -0.692. The first-order chi connectivity index (χ1) is 34.8. The molecule has 0 amide bonds. The summed E-state index contributed by atoms with van der Waals surface area (Å²) in [5.41, 5.74) is 1.01. The number of benzene rings is 1. The maximum Gasteiger partial charge on any atom is 0.306 e. The molecule has 0 aliphatic rings. The van der Waals surface area contributed by atoms with Crippen LogP contribution in [0.15, 0.2) is 30.3 Å². The van der Waals surface area contributed by atoms with Crippen LogP contribution in [0.3, 0.4) is 0 Å². The highest BCUT2D eigenvalue weighted by atomic mass is 16.6. The summed E-state index contributed by atoms with van der Waals surface area (Å²) in [5, 5.41) is 0. The van der Waals surface area contributed by atoms with Gasteiger partial charge in [-0.1, -0.05) is 225 Å². The maximum absolute atomic E-state index is 12.9. The summed E-state index contributed by atoms with van der Waals surface area (Å²) in [6.45, 7) is 9.42. The molecule has 0 aliphatic carbocycles. The molecule has 0 bridgehead atoms. The van der Waals surface area contributed by atoms with E-state index >= 15 is 0 Å². The average molecular weight is 1000 g/mol. The van der Waals surface area contributed by atoms with Crippen LogP contribution in [0.25, 0.3) is 0 Å². The molecular weight excluding hydrogens is 889 g/mol. The molecule has 9 nitrogen and oxygen atoms in total. The summed E-state index contributed by atoms with van der Waals surface area (Å²) in [4.78, 5) is 51.3. The van der Waals surface area contributed by atoms with Crippen LogP contribution in [-0.2, 0) is 49.5 Å². The van der Waals surface area contributed by atoms with Gasteiger partial charge in [0.15, 0.2) is 6.10 Å². The van der Waals surface area contributed by atoms with Crippen molar-refractivity contribution >= 4 is 23.9 Å². The Morgan fingerprint density at radius 2 is 0.634 bits per heavy atom. The first-order valence-corrected chi connectivity index (χ1v) is 30.2. The van der Waals surface area contributed by atoms with E-state index in [4.69, 9.17) is 23.7 Å². The lowest BCUT2D eigenvalue weighted by molar-refractivity contribution is -0.163. The second-order valence-electron chi connectivity index (χ2n) is 20.8. The highest BCUT2D eigenvalue weighted by Gasteiger charge is 2.19. The average Bonchev–Trinajstić information content (AvgIpc) is 3.36. The van der Waals surface area contributed by atoms with Gasteiger partial charge in [-0.25, -0.2) is 0 Å². The Balaban J connectivity index is 2.40. The molecule has 0 saturated carbocycles. The Kier molecular flexibility index (Phi) is 47.1. The van der Waals surface area contributed by atoms with Gasteiger partial charge in [0.05, 0.1) is 13.2 Å². The van der Waals surface area contributed by atoms with E-state index in [1.165, 1.54) is 128 Å². The number of esters is 4. The van der Waals surface area contributed by atoms with E-state index in [9.17, 15) is 19.2 Å². The summed E-state index contributed by atoms with van der Waals surface area (Å²) in [5.74, 6) is -0.778. The summed E-state index contributed by atoms with van der Waals surface area (Å²) < 4.78 is 29.3. The molecule has 1 aromatic rings. The van der Waals surface area contributed by atoms with Crippen LogP contribution in [0, 0.1) is 0 Å². The zero-order valence-corrected chi connectivity index (χ0v) is 46.6. The van der Waals surface area contributed by atoms with Crippen LogP contribution >= 0.6 is 0 Å². The first kappa shape index (κ1) is 66.1. The molecule has 412 valence electrons. The molecule has 0 N–H and O–H groups in total. The molecule has 0 unspecified atom stereocenters. The Hall–Kier alpha value is -2.94. The van der Waals surface area contributed by atoms with E-state index in [0.29, 0.717) is 38.7 Å². The van der Waals surface area contributed by atoms with E-state index in [-0.39, 0.29) is 55.7 Å². The number of ether oxygens (including phenoxy) is 5. The molecule has 0 saturated heterocycles. The van der Waals surface area contributed by atoms with Gasteiger partial charge in [-0.05, 0) is 82.6 Å². The van der Waals surface area contributed by atoms with E-state index < -0.39 is 6.10 Å². The molecule has 0 aliphatic heterocycles. The zero-order chi connectivity index (χ0) is 51.5. The molecule has 1 aromatic carbocycles. The second-order valence-corrected chi connectivity index (χ2v) is 20.8. The van der Waals surface area contributed by atoms with Crippen molar-refractivity contribution in [2.24, 2.45) is 0 Å². The van der Waals surface area contributed by atoms with Crippen molar-refractivity contribution in [3.8, 4) is 0 Å². The maximum atomic E-state index is 12.9. The highest BCUT2D eigenvalue weighted by molar-refractivity contribution is 5.71. The van der Waals surface area contributed by atoms with Crippen molar-refractivity contribution in [1.82, 2.24) is 0 Å². The number of carbonyl (C=O) groups is 4. The summed E-state index contributed by atoms with van der Waals surface area (Å²) in [6.07, 6.45) is 43.2. The molecule has 0 radical (unpaired) electrons. The highest BCUT2D eigenvalue weighted by Crippen LogP contribution is 2.21. The number of hydrogen-bond donors (Lipinski definition) is 0. The largest absolute Gasteiger partial charge is 0.462 e. The third-order valence-electron chi connectivity index (χ3n) is 13.8. The molecule has 0 fully saturated rings. The van der Waals surface area contributed by atoms with Crippen LogP contribution in [0.2, 0.25) is 0 Å². The Bertz CT molecular complexity index is 1320. The molecule has 0 heterocycles. The fraction of sp³-hybridized carbons (Fsp3) is 0.839. The number of hydrogen-bond acceptors (Lipinski definition) is 9. The van der Waals surface area contributed by atoms with Gasteiger partial charge < -0.3 is 23.7 Å². The van der Waals surface area contributed by atoms with E-state index in [0.717, 1.165) is 108 Å². The number of unbranched alkanes of at least 4 members (excludes halogenated alkanes) is 28. The van der Waals surface area contributed by atoms with Gasteiger partial charge in [0, 0.05) is 25.7 Å². The topological polar surface area (TPSA) is 114 Å². The minimum absolute atomic E-state index is 0.0322. The summed E-state index contributed by atoms with van der Waals surface area (Å²) in [7, 11) is 0. The smallest absolute Gasteiger partial charge is 0.306 e. The molecule has 0 spiro atoms. The van der Waals surface area contributed by atoms with Crippen LogP contribution in [-0.4, -0.2) is 55.4 Å². The van der Waals surface area contributed by atoms with E-state index in [2.05, 4.69) is 27.7 Å². The quantitative estimate of drug-likeness (QED) is 0.0357. The van der Waals surface area contributed by atoms with Crippen LogP contribution < -0.4 is 0 Å². The van der Waals surface area contributed by atoms with Gasteiger partial charge in [-0.3, -0.25) is 19.2 Å². The van der Waals surface area contributed by atoms with Crippen molar-refractivity contribution in [2.45, 2.75) is 322 Å². The summed E-state index contributed by atoms with van der Waals surface area (Å²) in [6, 6.07) is 9.81. The van der Waals surface area contributed by atoms with Gasteiger partial charge >= 0.3 is 23.9 Å². The second kappa shape index (κ2) is 50.6. The Morgan fingerprint density at radius 3 is 0.986 bits per heavy atom. The van der Waals surface area contributed by atoms with Crippen LogP contribution in [0.1, 0.15) is 303 Å². The Labute approximate surface area is 436 Å². The normalized spacial score (nSPS) is 11.9. The molecule has 1 atom stereocenters. The summed E-state index contributed by atoms with van der Waals surface area (Å²) >= 11 is 0. The Morgan fingerprint density at radius 1 is 0.338 bits per heavy atom. The predicted molar refractivity (Wildman–Crippen MR) is 293 cm³/mol. The van der Waals surface area contributed by atoms with Crippen molar-refractivity contribution < 1.29 is 42.9 Å². The van der Waals surface area contributed by atoms with Crippen LogP contribution in [0.5, 0.6) is 0 Å². The monoisotopic (exact) mass is 999 g/mol. The van der Waals surface area contributed by atoms with Gasteiger partial charge in [-0.2, -0.15) is 0 Å². The fourth-order valence-corrected chi connectivity index (χ4v) is 9.26. The lowest BCUT2D eigenvalue weighted by Crippen LogP contribution is -2.29. The molecule has 9 heteroatoms.